The quantitative estimate of drug-likeness (QED) is 0.434. The van der Waals surface area contributed by atoms with E-state index in [4.69, 9.17) is 4.74 Å². The highest BCUT2D eigenvalue weighted by molar-refractivity contribution is 7.92. The van der Waals surface area contributed by atoms with Crippen molar-refractivity contribution in [2.75, 3.05) is 23.4 Å². The first-order valence-corrected chi connectivity index (χ1v) is 14.8. The number of hydrogen-bond donors (Lipinski definition) is 1. The molecule has 1 aromatic carbocycles. The smallest absolute Gasteiger partial charge is 0.407 e. The summed E-state index contributed by atoms with van der Waals surface area (Å²) < 4.78 is 34.1. The van der Waals surface area contributed by atoms with Crippen LogP contribution in [0, 0.1) is 6.92 Å². The molecule has 2 aromatic heterocycles. The molecule has 3 aromatic rings. The lowest BCUT2D eigenvalue weighted by molar-refractivity contribution is 0.0965. The molecule has 1 amide bonds. The zero-order valence-corrected chi connectivity index (χ0v) is 23.2. The number of piperidine rings is 1. The van der Waals surface area contributed by atoms with Crippen molar-refractivity contribution in [3.63, 3.8) is 0 Å². The van der Waals surface area contributed by atoms with Crippen LogP contribution in [0.15, 0.2) is 52.4 Å². The number of pyridine rings is 1. The van der Waals surface area contributed by atoms with E-state index in [1.165, 1.54) is 15.6 Å². The van der Waals surface area contributed by atoms with Crippen LogP contribution in [0.4, 0.5) is 16.3 Å². The summed E-state index contributed by atoms with van der Waals surface area (Å²) in [5.41, 5.74) is 4.02. The SMILES string of the molecule is COc1ccc(CN(c2cscn2)S(=O)(=O)c2cc(C)c(N(C)[C@@H]3C[C@H]4CC[C@@H](C3)N4C(=O)O)cn2)cc1. The van der Waals surface area contributed by atoms with Crippen LogP contribution < -0.4 is 13.9 Å². The van der Waals surface area contributed by atoms with Crippen molar-refractivity contribution in [1.82, 2.24) is 14.9 Å². The summed E-state index contributed by atoms with van der Waals surface area (Å²) in [6, 6.07) is 9.05. The first kappa shape index (κ1) is 26.2. The lowest BCUT2D eigenvalue weighted by Gasteiger charge is -2.41. The third kappa shape index (κ3) is 4.90. The molecule has 5 rings (SSSR count). The number of anilines is 2. The zero-order valence-electron chi connectivity index (χ0n) is 21.5. The number of carboxylic acid groups (broad SMARTS) is 1. The molecule has 12 heteroatoms. The molecular weight excluding hydrogens is 526 g/mol. The minimum Gasteiger partial charge on any atom is -0.497 e. The number of carbonyl (C=O) groups is 1. The molecule has 4 heterocycles. The Morgan fingerprint density at radius 1 is 1.18 bits per heavy atom. The largest absolute Gasteiger partial charge is 0.497 e. The van der Waals surface area contributed by atoms with Crippen molar-refractivity contribution in [3.8, 4) is 5.75 Å². The Labute approximate surface area is 226 Å². The van der Waals surface area contributed by atoms with Gasteiger partial charge >= 0.3 is 6.09 Å². The van der Waals surface area contributed by atoms with E-state index >= 15 is 0 Å². The van der Waals surface area contributed by atoms with Gasteiger partial charge in [0.25, 0.3) is 10.0 Å². The average Bonchev–Trinajstić information content (AvgIpc) is 3.53. The molecule has 3 atom stereocenters. The summed E-state index contributed by atoms with van der Waals surface area (Å²) in [4.78, 5) is 24.1. The van der Waals surface area contributed by atoms with Gasteiger partial charge in [0, 0.05) is 30.6 Å². The molecule has 0 spiro atoms. The topological polar surface area (TPSA) is 116 Å². The van der Waals surface area contributed by atoms with Gasteiger partial charge in [0.2, 0.25) is 0 Å². The summed E-state index contributed by atoms with van der Waals surface area (Å²) in [5.74, 6) is 1.03. The lowest BCUT2D eigenvalue weighted by atomic mass is 9.96. The lowest BCUT2D eigenvalue weighted by Crippen LogP contribution is -2.51. The summed E-state index contributed by atoms with van der Waals surface area (Å²) in [7, 11) is -0.449. The molecule has 0 aliphatic carbocycles. The summed E-state index contributed by atoms with van der Waals surface area (Å²) in [5, 5.41) is 11.2. The molecule has 2 aliphatic heterocycles. The number of aryl methyl sites for hydroxylation is 1. The van der Waals surface area contributed by atoms with E-state index in [9.17, 15) is 18.3 Å². The second kappa shape index (κ2) is 10.4. The molecule has 0 unspecified atom stereocenters. The number of aromatic nitrogens is 2. The number of methoxy groups -OCH3 is 1. The molecule has 2 saturated heterocycles. The van der Waals surface area contributed by atoms with Crippen LogP contribution in [0.2, 0.25) is 0 Å². The fourth-order valence-corrected chi connectivity index (χ4v) is 7.64. The fourth-order valence-electron chi connectivity index (χ4n) is 5.63. The Morgan fingerprint density at radius 3 is 2.42 bits per heavy atom. The minimum atomic E-state index is -4.01. The van der Waals surface area contributed by atoms with Gasteiger partial charge in [-0.15, -0.1) is 11.3 Å². The first-order valence-electron chi connectivity index (χ1n) is 12.4. The van der Waals surface area contributed by atoms with Gasteiger partial charge in [0.05, 0.1) is 31.0 Å². The molecule has 2 aliphatic rings. The second-order valence-electron chi connectivity index (χ2n) is 9.83. The van der Waals surface area contributed by atoms with Crippen molar-refractivity contribution in [2.45, 2.75) is 62.3 Å². The maximum absolute atomic E-state index is 13.8. The summed E-state index contributed by atoms with van der Waals surface area (Å²) >= 11 is 1.32. The number of nitrogens with zero attached hydrogens (tertiary/aromatic N) is 5. The van der Waals surface area contributed by atoms with Crippen LogP contribution in [0.1, 0.15) is 36.8 Å². The molecule has 0 saturated carbocycles. The molecule has 202 valence electrons. The maximum Gasteiger partial charge on any atom is 0.407 e. The third-order valence-corrected chi connectivity index (χ3v) is 9.85. The van der Waals surface area contributed by atoms with E-state index in [1.54, 1.807) is 47.3 Å². The van der Waals surface area contributed by atoms with Crippen LogP contribution in [0.5, 0.6) is 5.75 Å². The van der Waals surface area contributed by atoms with Crippen molar-refractivity contribution >= 4 is 39.0 Å². The standard InChI is InChI=1S/C26H31N5O5S2/c1-17-10-25(27-13-23(17)29(2)21-11-19-6-7-20(12-21)31(19)26(32)33)38(34,35)30(24-15-37-16-28-24)14-18-4-8-22(36-3)9-5-18/h4-5,8-10,13,15-16,19-21H,6-7,11-12,14H2,1-3H3,(H,32,33)/t19-,20+,21-. The summed E-state index contributed by atoms with van der Waals surface area (Å²) in [6.45, 7) is 1.98. The molecule has 0 radical (unpaired) electrons. The Kier molecular flexibility index (Phi) is 7.19. The Hall–Kier alpha value is -3.38. The van der Waals surface area contributed by atoms with Crippen LogP contribution >= 0.6 is 11.3 Å². The number of rotatable bonds is 8. The Morgan fingerprint density at radius 2 is 1.87 bits per heavy atom. The van der Waals surface area contributed by atoms with Crippen LogP contribution in [-0.2, 0) is 16.6 Å². The van der Waals surface area contributed by atoms with Crippen LogP contribution in [0.25, 0.3) is 0 Å². The highest BCUT2D eigenvalue weighted by Gasteiger charge is 2.44. The molecule has 10 nitrogen and oxygen atoms in total. The normalized spacial score (nSPS) is 20.8. The summed E-state index contributed by atoms with van der Waals surface area (Å²) in [6.07, 6.45) is 4.04. The number of hydrogen-bond acceptors (Lipinski definition) is 8. The molecule has 2 bridgehead atoms. The number of fused-ring (bicyclic) bond motifs is 2. The van der Waals surface area contributed by atoms with E-state index in [-0.39, 0.29) is 29.7 Å². The molecule has 38 heavy (non-hydrogen) atoms. The number of benzene rings is 1. The van der Waals surface area contributed by atoms with Gasteiger partial charge in [-0.2, -0.15) is 8.42 Å². The number of sulfonamides is 1. The van der Waals surface area contributed by atoms with E-state index in [1.807, 2.05) is 26.1 Å². The monoisotopic (exact) mass is 557 g/mol. The van der Waals surface area contributed by atoms with Gasteiger partial charge < -0.3 is 19.6 Å². The second-order valence-corrected chi connectivity index (χ2v) is 12.4. The molecule has 1 N–H and O–H groups in total. The number of thiazole rings is 1. The molecular formula is C26H31N5O5S2. The van der Waals surface area contributed by atoms with E-state index in [2.05, 4.69) is 14.9 Å². The number of ether oxygens (including phenoxy) is 1. The average molecular weight is 558 g/mol. The van der Waals surface area contributed by atoms with E-state index in [0.29, 0.717) is 11.6 Å². The number of amides is 1. The minimum absolute atomic E-state index is 0.0243. The Bertz CT molecular complexity index is 1380. The van der Waals surface area contributed by atoms with E-state index < -0.39 is 16.1 Å². The van der Waals surface area contributed by atoms with Gasteiger partial charge in [0.15, 0.2) is 10.8 Å². The first-order chi connectivity index (χ1) is 18.2. The Balaban J connectivity index is 1.39. The van der Waals surface area contributed by atoms with Crippen molar-refractivity contribution in [1.29, 1.82) is 0 Å². The van der Waals surface area contributed by atoms with Gasteiger partial charge in [-0.05, 0) is 61.9 Å². The van der Waals surface area contributed by atoms with Crippen LogP contribution in [-0.4, -0.2) is 66.8 Å². The van der Waals surface area contributed by atoms with Crippen LogP contribution in [0.3, 0.4) is 0 Å². The van der Waals surface area contributed by atoms with Gasteiger partial charge in [0.1, 0.15) is 5.75 Å². The van der Waals surface area contributed by atoms with Gasteiger partial charge in [-0.25, -0.2) is 19.1 Å². The third-order valence-electron chi connectivity index (χ3n) is 7.63. The zero-order chi connectivity index (χ0) is 27.0. The predicted octanol–water partition coefficient (Wildman–Crippen LogP) is 4.36. The van der Waals surface area contributed by atoms with Crippen molar-refractivity contribution in [3.05, 3.63) is 58.5 Å². The van der Waals surface area contributed by atoms with Crippen molar-refractivity contribution in [2.24, 2.45) is 0 Å². The van der Waals surface area contributed by atoms with Gasteiger partial charge in [-0.1, -0.05) is 12.1 Å². The van der Waals surface area contributed by atoms with E-state index in [0.717, 1.165) is 42.5 Å². The maximum atomic E-state index is 13.8. The van der Waals surface area contributed by atoms with Crippen molar-refractivity contribution < 1.29 is 23.1 Å². The highest BCUT2D eigenvalue weighted by atomic mass is 32.2. The highest BCUT2D eigenvalue weighted by Crippen LogP contribution is 2.39. The predicted molar refractivity (Wildman–Crippen MR) is 146 cm³/mol. The van der Waals surface area contributed by atoms with Gasteiger partial charge in [-0.3, -0.25) is 0 Å². The molecule has 2 fully saturated rings. The fraction of sp³-hybridized carbons (Fsp3) is 0.423.